The molecule has 21 heavy (non-hydrogen) atoms. The first kappa shape index (κ1) is 15.8. The smallest absolute Gasteiger partial charge is 0.335 e. The van der Waals surface area contributed by atoms with Crippen LogP contribution in [0.1, 0.15) is 16.8 Å². The molecule has 1 saturated heterocycles. The molecule has 1 heterocycles. The largest absolute Gasteiger partial charge is 0.495 e. The van der Waals surface area contributed by atoms with E-state index in [1.54, 1.807) is 0 Å². The summed E-state index contributed by atoms with van der Waals surface area (Å²) in [5, 5.41) is 7.89. The second-order valence-corrected chi connectivity index (χ2v) is 9.17. The third-order valence-corrected chi connectivity index (χ3v) is 7.54. The maximum atomic E-state index is 12.5. The zero-order chi connectivity index (χ0) is 15.8. The summed E-state index contributed by atoms with van der Waals surface area (Å²) >= 11 is 0. The van der Waals surface area contributed by atoms with Crippen LogP contribution in [0.2, 0.25) is 0 Å². The van der Waals surface area contributed by atoms with Crippen LogP contribution in [-0.4, -0.2) is 51.8 Å². The second-order valence-electron chi connectivity index (χ2n) is 4.74. The lowest BCUT2D eigenvalue weighted by atomic mass is 10.2. The minimum Gasteiger partial charge on any atom is -0.495 e. The highest BCUT2D eigenvalue weighted by molar-refractivity contribution is 7.96. The summed E-state index contributed by atoms with van der Waals surface area (Å²) in [6, 6.07) is 3.48. The fourth-order valence-corrected chi connectivity index (χ4v) is 6.76. The molecule has 1 aromatic rings. The molecule has 9 heteroatoms. The third-order valence-electron chi connectivity index (χ3n) is 3.35. The fourth-order valence-electron chi connectivity index (χ4n) is 2.22. The second kappa shape index (κ2) is 5.30. The van der Waals surface area contributed by atoms with Crippen molar-refractivity contribution in [3.05, 3.63) is 23.8 Å². The van der Waals surface area contributed by atoms with Crippen molar-refractivity contribution in [1.29, 1.82) is 0 Å². The Bertz CT molecular complexity index is 778. The summed E-state index contributed by atoms with van der Waals surface area (Å²) < 4.78 is 53.0. The number of ether oxygens (including phenoxy) is 1. The van der Waals surface area contributed by atoms with Gasteiger partial charge in [0.15, 0.2) is 19.7 Å². The molecular formula is C12H14O7S2. The number of sulfone groups is 2. The standard InChI is InChI=1S/C12H14O7S2/c1-19-10-3-2-8(12(13)14)6-11(10)21(17,18)9-4-5-20(15,16)7-9/h2-3,6,9H,4-5,7H2,1H3,(H,13,14). The molecule has 1 fully saturated rings. The first-order valence-corrected chi connectivity index (χ1v) is 9.40. The van der Waals surface area contributed by atoms with Gasteiger partial charge in [-0.2, -0.15) is 0 Å². The van der Waals surface area contributed by atoms with Crippen molar-refractivity contribution >= 4 is 25.6 Å². The maximum Gasteiger partial charge on any atom is 0.335 e. The Labute approximate surface area is 122 Å². The zero-order valence-electron chi connectivity index (χ0n) is 11.1. The number of rotatable bonds is 4. The molecule has 116 valence electrons. The van der Waals surface area contributed by atoms with E-state index in [0.717, 1.165) is 6.07 Å². The van der Waals surface area contributed by atoms with E-state index in [-0.39, 0.29) is 28.4 Å². The summed E-state index contributed by atoms with van der Waals surface area (Å²) in [4.78, 5) is 10.7. The van der Waals surface area contributed by atoms with Gasteiger partial charge < -0.3 is 9.84 Å². The molecule has 0 aliphatic carbocycles. The normalized spacial score (nSPS) is 21.1. The molecule has 0 aromatic heterocycles. The Hall–Kier alpha value is -1.61. The number of carboxylic acids is 1. The fraction of sp³-hybridized carbons (Fsp3) is 0.417. The molecule has 0 spiro atoms. The summed E-state index contributed by atoms with van der Waals surface area (Å²) in [6.07, 6.45) is 0.00508. The molecular weight excluding hydrogens is 320 g/mol. The average Bonchev–Trinajstić information content (AvgIpc) is 2.79. The Morgan fingerprint density at radius 1 is 1.38 bits per heavy atom. The van der Waals surface area contributed by atoms with Gasteiger partial charge in [0.05, 0.1) is 29.4 Å². The third kappa shape index (κ3) is 3.03. The van der Waals surface area contributed by atoms with Gasteiger partial charge in [0.25, 0.3) is 0 Å². The van der Waals surface area contributed by atoms with Crippen molar-refractivity contribution < 1.29 is 31.5 Å². The number of hydrogen-bond acceptors (Lipinski definition) is 6. The highest BCUT2D eigenvalue weighted by Crippen LogP contribution is 2.32. The Morgan fingerprint density at radius 2 is 2.05 bits per heavy atom. The molecule has 1 aliphatic rings. The lowest BCUT2D eigenvalue weighted by molar-refractivity contribution is 0.0696. The van der Waals surface area contributed by atoms with Crippen molar-refractivity contribution in [3.8, 4) is 5.75 Å². The van der Waals surface area contributed by atoms with Gasteiger partial charge in [0.2, 0.25) is 0 Å². The molecule has 0 bridgehead atoms. The quantitative estimate of drug-likeness (QED) is 0.845. The van der Waals surface area contributed by atoms with Gasteiger partial charge in [0, 0.05) is 0 Å². The number of hydrogen-bond donors (Lipinski definition) is 1. The molecule has 0 saturated carbocycles. The monoisotopic (exact) mass is 334 g/mol. The number of aromatic carboxylic acids is 1. The van der Waals surface area contributed by atoms with Gasteiger partial charge in [-0.15, -0.1) is 0 Å². The Kier molecular flexibility index (Phi) is 3.98. The van der Waals surface area contributed by atoms with Crippen LogP contribution >= 0.6 is 0 Å². The van der Waals surface area contributed by atoms with Crippen LogP contribution in [0, 0.1) is 0 Å². The van der Waals surface area contributed by atoms with E-state index in [0.29, 0.717) is 0 Å². The summed E-state index contributed by atoms with van der Waals surface area (Å²) in [7, 11) is -6.08. The first-order valence-electron chi connectivity index (χ1n) is 6.03. The van der Waals surface area contributed by atoms with Gasteiger partial charge >= 0.3 is 5.97 Å². The minimum atomic E-state index is -3.98. The Morgan fingerprint density at radius 3 is 2.52 bits per heavy atom. The molecule has 1 aromatic carbocycles. The van der Waals surface area contributed by atoms with Crippen LogP contribution in [0.4, 0.5) is 0 Å². The SMILES string of the molecule is COc1ccc(C(=O)O)cc1S(=O)(=O)C1CCS(=O)(=O)C1. The molecule has 1 atom stereocenters. The first-order chi connectivity index (χ1) is 9.67. The van der Waals surface area contributed by atoms with Crippen molar-refractivity contribution in [1.82, 2.24) is 0 Å². The number of methoxy groups -OCH3 is 1. The topological polar surface area (TPSA) is 115 Å². The number of carbonyl (C=O) groups is 1. The van der Waals surface area contributed by atoms with Crippen LogP contribution in [0.15, 0.2) is 23.1 Å². The van der Waals surface area contributed by atoms with E-state index >= 15 is 0 Å². The summed E-state index contributed by atoms with van der Waals surface area (Å²) in [5.41, 5.74) is -0.199. The molecule has 1 N–H and O–H groups in total. The highest BCUT2D eigenvalue weighted by Gasteiger charge is 2.39. The highest BCUT2D eigenvalue weighted by atomic mass is 32.2. The maximum absolute atomic E-state index is 12.5. The van der Waals surface area contributed by atoms with Gasteiger partial charge in [0.1, 0.15) is 10.6 Å². The van der Waals surface area contributed by atoms with Crippen LogP contribution in [0.25, 0.3) is 0 Å². The van der Waals surface area contributed by atoms with Crippen molar-refractivity contribution in [2.75, 3.05) is 18.6 Å². The van der Waals surface area contributed by atoms with Gasteiger partial charge in [-0.3, -0.25) is 0 Å². The summed E-state index contributed by atoms with van der Waals surface area (Å²) in [6.45, 7) is 0. The van der Waals surface area contributed by atoms with Gasteiger partial charge in [-0.05, 0) is 24.6 Å². The molecule has 7 nitrogen and oxygen atoms in total. The molecule has 2 rings (SSSR count). The number of benzene rings is 1. The minimum absolute atomic E-state index is 0.00398. The van der Waals surface area contributed by atoms with Crippen molar-refractivity contribution in [2.45, 2.75) is 16.6 Å². The molecule has 1 aliphatic heterocycles. The van der Waals surface area contributed by atoms with E-state index in [2.05, 4.69) is 0 Å². The van der Waals surface area contributed by atoms with Crippen molar-refractivity contribution in [2.24, 2.45) is 0 Å². The van der Waals surface area contributed by atoms with Crippen LogP contribution in [0.5, 0.6) is 5.75 Å². The molecule has 1 unspecified atom stereocenters. The van der Waals surface area contributed by atoms with Crippen LogP contribution < -0.4 is 4.74 Å². The van der Waals surface area contributed by atoms with Crippen LogP contribution in [0.3, 0.4) is 0 Å². The Balaban J connectivity index is 2.53. The average molecular weight is 334 g/mol. The molecule has 0 radical (unpaired) electrons. The lowest BCUT2D eigenvalue weighted by Gasteiger charge is -2.14. The molecule has 0 amide bonds. The zero-order valence-corrected chi connectivity index (χ0v) is 12.8. The van der Waals surface area contributed by atoms with Gasteiger partial charge in [-0.1, -0.05) is 0 Å². The predicted octanol–water partition coefficient (Wildman–Crippen LogP) is 0.354. The van der Waals surface area contributed by atoms with Crippen molar-refractivity contribution in [3.63, 3.8) is 0 Å². The predicted molar refractivity (Wildman–Crippen MR) is 74.2 cm³/mol. The van der Waals surface area contributed by atoms with E-state index < -0.39 is 36.6 Å². The van der Waals surface area contributed by atoms with Crippen LogP contribution in [-0.2, 0) is 19.7 Å². The van der Waals surface area contributed by atoms with E-state index in [4.69, 9.17) is 9.84 Å². The van der Waals surface area contributed by atoms with E-state index in [1.807, 2.05) is 0 Å². The lowest BCUT2D eigenvalue weighted by Crippen LogP contribution is -2.23. The van der Waals surface area contributed by atoms with E-state index in [9.17, 15) is 21.6 Å². The van der Waals surface area contributed by atoms with E-state index in [1.165, 1.54) is 19.2 Å². The number of carboxylic acid groups (broad SMARTS) is 1. The summed E-state index contributed by atoms with van der Waals surface area (Å²) in [5.74, 6) is -1.90. The van der Waals surface area contributed by atoms with Gasteiger partial charge in [-0.25, -0.2) is 21.6 Å².